The van der Waals surface area contributed by atoms with E-state index in [1.807, 2.05) is 24.8 Å². The fourth-order valence-electron chi connectivity index (χ4n) is 4.07. The smallest absolute Gasteiger partial charge is 0.339 e. The van der Waals surface area contributed by atoms with Crippen LogP contribution in [0.15, 0.2) is 55.1 Å². The number of rotatable bonds is 7. The van der Waals surface area contributed by atoms with Gasteiger partial charge in [0.1, 0.15) is 5.01 Å². The summed E-state index contributed by atoms with van der Waals surface area (Å²) in [6.45, 7) is 2.21. The summed E-state index contributed by atoms with van der Waals surface area (Å²) in [5.74, 6) is -0.451. The monoisotopic (exact) mass is 468 g/mol. The van der Waals surface area contributed by atoms with E-state index in [2.05, 4.69) is 53.7 Å². The molecule has 2 heterocycles. The maximum Gasteiger partial charge on any atom is 0.339 e. The molecule has 4 rings (SSSR count). The standard InChI is InChI=1S/C24H25ClN4O2S/c1-5-20(28(2)3)22(29-11-10-26-14-29)15-7-9-19-21(13-15)32-23(27-19)16-6-8-17(18(25)12-16)24(30)31-4/h6-14,20,22H,5H2,1-4H3. The lowest BCUT2D eigenvalue weighted by atomic mass is 9.96. The zero-order valence-electron chi connectivity index (χ0n) is 18.4. The average Bonchev–Trinajstić information content (AvgIpc) is 3.46. The number of hydrogen-bond donors (Lipinski definition) is 0. The second kappa shape index (κ2) is 9.40. The number of halogens is 1. The minimum absolute atomic E-state index is 0.140. The number of ether oxygens (including phenoxy) is 1. The number of carbonyl (C=O) groups excluding carboxylic acids is 1. The molecule has 166 valence electrons. The third-order valence-electron chi connectivity index (χ3n) is 5.67. The van der Waals surface area contributed by atoms with Crippen molar-refractivity contribution in [3.8, 4) is 10.6 Å². The van der Waals surface area contributed by atoms with E-state index in [4.69, 9.17) is 21.3 Å². The topological polar surface area (TPSA) is 60.2 Å². The van der Waals surface area contributed by atoms with Crippen molar-refractivity contribution >= 4 is 39.1 Å². The fourth-order valence-corrected chi connectivity index (χ4v) is 5.34. The van der Waals surface area contributed by atoms with Crippen LogP contribution in [0.25, 0.3) is 20.8 Å². The number of hydrogen-bond acceptors (Lipinski definition) is 6. The van der Waals surface area contributed by atoms with E-state index in [9.17, 15) is 4.79 Å². The minimum atomic E-state index is -0.451. The molecule has 0 radical (unpaired) electrons. The third kappa shape index (κ3) is 4.28. The molecule has 32 heavy (non-hydrogen) atoms. The Morgan fingerprint density at radius 1 is 1.25 bits per heavy atom. The first kappa shape index (κ1) is 22.5. The summed E-state index contributed by atoms with van der Waals surface area (Å²) in [4.78, 5) is 23.2. The molecule has 0 N–H and O–H groups in total. The van der Waals surface area contributed by atoms with Crippen LogP contribution in [0.1, 0.15) is 35.3 Å². The van der Waals surface area contributed by atoms with Crippen LogP contribution < -0.4 is 0 Å². The Hall–Kier alpha value is -2.74. The van der Waals surface area contributed by atoms with Crippen LogP contribution in [0.3, 0.4) is 0 Å². The van der Waals surface area contributed by atoms with Crippen LogP contribution in [0.5, 0.6) is 0 Å². The molecule has 0 bridgehead atoms. The number of carbonyl (C=O) groups is 1. The van der Waals surface area contributed by atoms with Gasteiger partial charge in [-0.15, -0.1) is 11.3 Å². The first-order valence-corrected chi connectivity index (χ1v) is 11.5. The maximum absolute atomic E-state index is 11.8. The number of esters is 1. The number of fused-ring (bicyclic) bond motifs is 1. The van der Waals surface area contributed by atoms with Gasteiger partial charge in [0.15, 0.2) is 0 Å². The largest absolute Gasteiger partial charge is 0.465 e. The number of benzene rings is 2. The van der Waals surface area contributed by atoms with Crippen LogP contribution in [-0.2, 0) is 4.74 Å². The van der Waals surface area contributed by atoms with Crippen LogP contribution >= 0.6 is 22.9 Å². The number of methoxy groups -OCH3 is 1. The van der Waals surface area contributed by atoms with E-state index in [0.29, 0.717) is 16.6 Å². The molecule has 0 aliphatic rings. The number of aromatic nitrogens is 3. The van der Waals surface area contributed by atoms with Crippen LogP contribution in [0.2, 0.25) is 5.02 Å². The molecule has 0 amide bonds. The van der Waals surface area contributed by atoms with Gasteiger partial charge in [-0.05, 0) is 50.3 Å². The van der Waals surface area contributed by atoms with E-state index < -0.39 is 5.97 Å². The first-order valence-electron chi connectivity index (χ1n) is 10.4. The van der Waals surface area contributed by atoms with Crippen LogP contribution in [-0.4, -0.2) is 52.7 Å². The van der Waals surface area contributed by atoms with E-state index >= 15 is 0 Å². The maximum atomic E-state index is 11.8. The van der Waals surface area contributed by atoms with Gasteiger partial charge in [0, 0.05) is 24.0 Å². The zero-order chi connectivity index (χ0) is 22.8. The Labute approximate surface area is 196 Å². The van der Waals surface area contributed by atoms with Gasteiger partial charge in [-0.1, -0.05) is 30.7 Å². The molecule has 0 aliphatic heterocycles. The van der Waals surface area contributed by atoms with Crippen molar-refractivity contribution in [2.75, 3.05) is 21.2 Å². The molecular formula is C24H25ClN4O2S. The summed E-state index contributed by atoms with van der Waals surface area (Å²) in [6, 6.07) is 12.2. The van der Waals surface area contributed by atoms with Crippen molar-refractivity contribution in [2.45, 2.75) is 25.4 Å². The molecule has 0 spiro atoms. The van der Waals surface area contributed by atoms with Gasteiger partial charge in [-0.3, -0.25) is 0 Å². The van der Waals surface area contributed by atoms with Crippen molar-refractivity contribution in [3.05, 3.63) is 71.3 Å². The minimum Gasteiger partial charge on any atom is -0.465 e. The van der Waals surface area contributed by atoms with Gasteiger partial charge < -0.3 is 14.2 Å². The second-order valence-corrected chi connectivity index (χ2v) is 9.26. The lowest BCUT2D eigenvalue weighted by Gasteiger charge is -2.33. The molecule has 6 nitrogen and oxygen atoms in total. The number of likely N-dealkylation sites (N-methyl/N-ethyl adjacent to an activating group) is 1. The SMILES string of the molecule is CCC(C(c1ccc2nc(-c3ccc(C(=O)OC)c(Cl)c3)sc2c1)n1ccnc1)N(C)C. The quantitative estimate of drug-likeness (QED) is 0.334. The molecule has 2 unspecified atom stereocenters. The molecule has 0 saturated carbocycles. The number of imidazole rings is 1. The lowest BCUT2D eigenvalue weighted by Crippen LogP contribution is -2.36. The Morgan fingerprint density at radius 3 is 2.69 bits per heavy atom. The molecule has 0 fully saturated rings. The predicted molar refractivity (Wildman–Crippen MR) is 130 cm³/mol. The van der Waals surface area contributed by atoms with Gasteiger partial charge in [-0.2, -0.15) is 0 Å². The molecular weight excluding hydrogens is 444 g/mol. The van der Waals surface area contributed by atoms with E-state index in [0.717, 1.165) is 27.2 Å². The summed E-state index contributed by atoms with van der Waals surface area (Å²) in [5.41, 5.74) is 3.37. The Morgan fingerprint density at radius 2 is 2.06 bits per heavy atom. The highest BCUT2D eigenvalue weighted by molar-refractivity contribution is 7.21. The third-order valence-corrected chi connectivity index (χ3v) is 7.05. The second-order valence-electron chi connectivity index (χ2n) is 7.83. The number of nitrogens with zero attached hydrogens (tertiary/aromatic N) is 4. The Bertz CT molecular complexity index is 1240. The van der Waals surface area contributed by atoms with Crippen molar-refractivity contribution < 1.29 is 9.53 Å². The van der Waals surface area contributed by atoms with Crippen LogP contribution in [0, 0.1) is 0 Å². The van der Waals surface area contributed by atoms with Gasteiger partial charge in [0.25, 0.3) is 0 Å². The summed E-state index contributed by atoms with van der Waals surface area (Å²) in [7, 11) is 5.57. The van der Waals surface area contributed by atoms with E-state index in [1.54, 1.807) is 23.5 Å². The van der Waals surface area contributed by atoms with Gasteiger partial charge in [0.05, 0.1) is 40.3 Å². The van der Waals surface area contributed by atoms with E-state index in [-0.39, 0.29) is 6.04 Å². The van der Waals surface area contributed by atoms with Gasteiger partial charge in [-0.25, -0.2) is 14.8 Å². The highest BCUT2D eigenvalue weighted by atomic mass is 35.5. The highest BCUT2D eigenvalue weighted by Crippen LogP contribution is 2.35. The first-order chi connectivity index (χ1) is 15.4. The van der Waals surface area contributed by atoms with Gasteiger partial charge >= 0.3 is 5.97 Å². The number of thiazole rings is 1. The zero-order valence-corrected chi connectivity index (χ0v) is 20.0. The molecule has 0 aliphatic carbocycles. The van der Waals surface area contributed by atoms with Crippen molar-refractivity contribution in [1.29, 1.82) is 0 Å². The van der Waals surface area contributed by atoms with Crippen molar-refractivity contribution in [3.63, 3.8) is 0 Å². The molecule has 8 heteroatoms. The Kier molecular flexibility index (Phi) is 6.60. The van der Waals surface area contributed by atoms with Crippen molar-refractivity contribution in [2.24, 2.45) is 0 Å². The fraction of sp³-hybridized carbons (Fsp3) is 0.292. The summed E-state index contributed by atoms with van der Waals surface area (Å²) < 4.78 is 8.05. The van der Waals surface area contributed by atoms with Gasteiger partial charge in [0.2, 0.25) is 0 Å². The van der Waals surface area contributed by atoms with E-state index in [1.165, 1.54) is 12.7 Å². The summed E-state index contributed by atoms with van der Waals surface area (Å²) >= 11 is 7.93. The Balaban J connectivity index is 1.74. The molecule has 4 aromatic rings. The summed E-state index contributed by atoms with van der Waals surface area (Å²) in [6.07, 6.45) is 6.72. The van der Waals surface area contributed by atoms with Crippen molar-refractivity contribution in [1.82, 2.24) is 19.4 Å². The molecule has 2 aromatic heterocycles. The predicted octanol–water partition coefficient (Wildman–Crippen LogP) is 5.53. The average molecular weight is 469 g/mol. The lowest BCUT2D eigenvalue weighted by molar-refractivity contribution is 0.0601. The normalized spacial score (nSPS) is 13.4. The summed E-state index contributed by atoms with van der Waals surface area (Å²) in [5, 5.41) is 1.21. The van der Waals surface area contributed by atoms with Crippen LogP contribution in [0.4, 0.5) is 0 Å². The molecule has 2 aromatic carbocycles. The highest BCUT2D eigenvalue weighted by Gasteiger charge is 2.26. The molecule has 0 saturated heterocycles. The molecule has 2 atom stereocenters.